The van der Waals surface area contributed by atoms with Gasteiger partial charge in [0, 0.05) is 36.5 Å². The molecule has 0 amide bonds. The summed E-state index contributed by atoms with van der Waals surface area (Å²) in [6.45, 7) is 3.68. The number of aromatic nitrogens is 2. The number of halogens is 2. The van der Waals surface area contributed by atoms with Crippen LogP contribution in [0.4, 0.5) is 4.39 Å². The zero-order valence-electron chi connectivity index (χ0n) is 11.3. The number of nitriles is 1. The van der Waals surface area contributed by atoms with Gasteiger partial charge in [-0.25, -0.2) is 4.39 Å². The summed E-state index contributed by atoms with van der Waals surface area (Å²) in [5, 5.41) is 10.1. The highest BCUT2D eigenvalue weighted by Crippen LogP contribution is 2.34. The molecule has 2 aromatic rings. The molecule has 3 nitrogen and oxygen atoms in total. The van der Waals surface area contributed by atoms with Gasteiger partial charge in [-0.3, -0.25) is 9.97 Å². The molecule has 0 aliphatic carbocycles. The minimum absolute atomic E-state index is 0.257. The van der Waals surface area contributed by atoms with Crippen LogP contribution in [0.25, 0.3) is 0 Å². The zero-order chi connectivity index (χ0) is 15.3. The van der Waals surface area contributed by atoms with E-state index in [1.165, 1.54) is 12.1 Å². The average molecular weight is 302 g/mol. The zero-order valence-corrected chi connectivity index (χ0v) is 12.0. The Balaban J connectivity index is 2.45. The van der Waals surface area contributed by atoms with Crippen molar-refractivity contribution >= 4 is 11.6 Å². The number of nitrogens with zero attached hydrogens (tertiary/aromatic N) is 3. The molecule has 1 aromatic carbocycles. The summed E-state index contributed by atoms with van der Waals surface area (Å²) in [6.07, 6.45) is 5.32. The maximum Gasteiger partial charge on any atom is 0.123 e. The molecule has 0 spiro atoms. The monoisotopic (exact) mass is 301 g/mol. The Hall–Kier alpha value is -2.25. The van der Waals surface area contributed by atoms with Crippen molar-refractivity contribution in [3.63, 3.8) is 0 Å². The van der Waals surface area contributed by atoms with Crippen LogP contribution in [0.1, 0.15) is 17.7 Å². The van der Waals surface area contributed by atoms with E-state index in [1.54, 1.807) is 30.7 Å². The highest BCUT2D eigenvalue weighted by atomic mass is 35.5. The third kappa shape index (κ3) is 3.65. The molecule has 1 heterocycles. The lowest BCUT2D eigenvalue weighted by molar-refractivity contribution is 0.537. The van der Waals surface area contributed by atoms with E-state index < -0.39 is 5.41 Å². The van der Waals surface area contributed by atoms with Gasteiger partial charge in [-0.15, -0.1) is 0 Å². The minimum Gasteiger partial charge on any atom is -0.261 e. The number of rotatable bonds is 5. The number of allylic oxidation sites excluding steroid dienone is 1. The maximum atomic E-state index is 13.1. The van der Waals surface area contributed by atoms with Crippen molar-refractivity contribution in [1.82, 2.24) is 9.97 Å². The van der Waals surface area contributed by atoms with E-state index in [1.807, 2.05) is 0 Å². The van der Waals surface area contributed by atoms with E-state index in [0.717, 1.165) is 0 Å². The van der Waals surface area contributed by atoms with Crippen molar-refractivity contribution in [3.05, 3.63) is 71.5 Å². The summed E-state index contributed by atoms with van der Waals surface area (Å²) < 4.78 is 13.1. The standard InChI is InChI=1S/C16H13ClFN3/c1-12(17)8-16(11-19,9-15-10-20-6-7-21-15)13-2-4-14(18)5-3-13/h2-7,10H,1,8-9H2. The van der Waals surface area contributed by atoms with Gasteiger partial charge in [-0.2, -0.15) is 5.26 Å². The van der Waals surface area contributed by atoms with E-state index in [-0.39, 0.29) is 12.2 Å². The molecule has 0 N–H and O–H groups in total. The van der Waals surface area contributed by atoms with Gasteiger partial charge in [0.2, 0.25) is 0 Å². The minimum atomic E-state index is -0.942. The molecular formula is C16H13ClFN3. The quantitative estimate of drug-likeness (QED) is 0.845. The second-order valence-electron chi connectivity index (χ2n) is 4.77. The lowest BCUT2D eigenvalue weighted by Crippen LogP contribution is -2.28. The highest BCUT2D eigenvalue weighted by molar-refractivity contribution is 6.29. The van der Waals surface area contributed by atoms with Crippen molar-refractivity contribution in [2.24, 2.45) is 0 Å². The van der Waals surface area contributed by atoms with Crippen LogP contribution in [0.5, 0.6) is 0 Å². The van der Waals surface area contributed by atoms with Gasteiger partial charge in [-0.05, 0) is 17.7 Å². The Bertz CT molecular complexity index is 664. The lowest BCUT2D eigenvalue weighted by atomic mass is 9.75. The summed E-state index contributed by atoms with van der Waals surface area (Å²) >= 11 is 5.93. The van der Waals surface area contributed by atoms with Gasteiger partial charge in [0.05, 0.1) is 17.2 Å². The smallest absolute Gasteiger partial charge is 0.123 e. The fraction of sp³-hybridized carbons (Fsp3) is 0.188. The van der Waals surface area contributed by atoms with Gasteiger partial charge < -0.3 is 0 Å². The Kier molecular flexibility index (Phi) is 4.66. The molecule has 0 bridgehead atoms. The van der Waals surface area contributed by atoms with Crippen molar-refractivity contribution in [3.8, 4) is 6.07 Å². The van der Waals surface area contributed by atoms with Crippen LogP contribution in [-0.4, -0.2) is 9.97 Å². The van der Waals surface area contributed by atoms with E-state index in [4.69, 9.17) is 11.6 Å². The predicted molar refractivity (Wildman–Crippen MR) is 79.0 cm³/mol. The number of hydrogen-bond acceptors (Lipinski definition) is 3. The molecule has 2 rings (SSSR count). The van der Waals surface area contributed by atoms with Crippen LogP contribution in [0.15, 0.2) is 54.5 Å². The largest absolute Gasteiger partial charge is 0.261 e. The van der Waals surface area contributed by atoms with E-state index in [2.05, 4.69) is 22.6 Å². The average Bonchev–Trinajstić information content (AvgIpc) is 2.48. The van der Waals surface area contributed by atoms with E-state index in [0.29, 0.717) is 22.7 Å². The van der Waals surface area contributed by atoms with Gasteiger partial charge in [0.25, 0.3) is 0 Å². The first-order valence-electron chi connectivity index (χ1n) is 6.31. The summed E-state index contributed by atoms with van der Waals surface area (Å²) in [5.41, 5.74) is 0.405. The molecule has 0 radical (unpaired) electrons. The Morgan fingerprint density at radius 2 is 2.05 bits per heavy atom. The third-order valence-corrected chi connectivity index (χ3v) is 3.34. The molecule has 0 fully saturated rings. The number of benzene rings is 1. The summed E-state index contributed by atoms with van der Waals surface area (Å²) in [5.74, 6) is -0.352. The molecule has 0 aliphatic heterocycles. The summed E-state index contributed by atoms with van der Waals surface area (Å²) in [6, 6.07) is 8.14. The molecule has 0 aliphatic rings. The Morgan fingerprint density at radius 3 is 2.57 bits per heavy atom. The van der Waals surface area contributed by atoms with Crippen LogP contribution in [-0.2, 0) is 11.8 Å². The van der Waals surface area contributed by atoms with Crippen molar-refractivity contribution in [2.45, 2.75) is 18.3 Å². The van der Waals surface area contributed by atoms with Gasteiger partial charge >= 0.3 is 0 Å². The fourth-order valence-electron chi connectivity index (χ4n) is 2.24. The van der Waals surface area contributed by atoms with E-state index in [9.17, 15) is 9.65 Å². The van der Waals surface area contributed by atoms with Gasteiger partial charge in [0.1, 0.15) is 5.82 Å². The van der Waals surface area contributed by atoms with E-state index >= 15 is 0 Å². The van der Waals surface area contributed by atoms with Crippen LogP contribution >= 0.6 is 11.6 Å². The molecule has 1 unspecified atom stereocenters. The SMILES string of the molecule is C=C(Cl)CC(C#N)(Cc1cnccn1)c1ccc(F)cc1. The van der Waals surface area contributed by atoms with Crippen molar-refractivity contribution < 1.29 is 4.39 Å². The first-order valence-corrected chi connectivity index (χ1v) is 6.69. The number of hydrogen-bond donors (Lipinski definition) is 0. The lowest BCUT2D eigenvalue weighted by Gasteiger charge is -2.26. The normalized spacial score (nSPS) is 13.2. The van der Waals surface area contributed by atoms with Crippen LogP contribution in [0.3, 0.4) is 0 Å². The maximum absolute atomic E-state index is 13.1. The Labute approximate surface area is 127 Å². The molecule has 0 saturated carbocycles. The predicted octanol–water partition coefficient (Wildman–Crippen LogP) is 3.76. The van der Waals surface area contributed by atoms with Crippen LogP contribution in [0, 0.1) is 17.1 Å². The van der Waals surface area contributed by atoms with Crippen LogP contribution < -0.4 is 0 Å². The fourth-order valence-corrected chi connectivity index (χ4v) is 2.47. The second-order valence-corrected chi connectivity index (χ2v) is 5.30. The molecule has 0 saturated heterocycles. The van der Waals surface area contributed by atoms with Crippen LogP contribution in [0.2, 0.25) is 0 Å². The topological polar surface area (TPSA) is 49.6 Å². The highest BCUT2D eigenvalue weighted by Gasteiger charge is 2.34. The molecule has 1 aromatic heterocycles. The molecular weight excluding hydrogens is 289 g/mol. The van der Waals surface area contributed by atoms with Crippen molar-refractivity contribution in [1.29, 1.82) is 5.26 Å². The summed E-state index contributed by atoms with van der Waals surface area (Å²) in [7, 11) is 0. The summed E-state index contributed by atoms with van der Waals surface area (Å²) in [4.78, 5) is 8.20. The third-order valence-electron chi connectivity index (χ3n) is 3.20. The van der Waals surface area contributed by atoms with Crippen molar-refractivity contribution in [2.75, 3.05) is 0 Å². The first-order chi connectivity index (χ1) is 10.1. The molecule has 106 valence electrons. The Morgan fingerprint density at radius 1 is 1.33 bits per heavy atom. The molecule has 21 heavy (non-hydrogen) atoms. The second kappa shape index (κ2) is 6.47. The van der Waals surface area contributed by atoms with Gasteiger partial charge in [-0.1, -0.05) is 30.3 Å². The van der Waals surface area contributed by atoms with Gasteiger partial charge in [0.15, 0.2) is 0 Å². The molecule has 1 atom stereocenters. The molecule has 5 heteroatoms. The first kappa shape index (κ1) is 15.1.